The molecule has 0 bridgehead atoms. The fourth-order valence-corrected chi connectivity index (χ4v) is 27.5. The Morgan fingerprint density at radius 2 is 0.596 bits per heavy atom. The Bertz CT molecular complexity index is 4940. The molecule has 0 radical (unpaired) electrons. The predicted octanol–water partition coefficient (Wildman–Crippen LogP) is 35.3. The summed E-state index contributed by atoms with van der Waals surface area (Å²) in [6, 6.07) is 39.5. The lowest BCUT2D eigenvalue weighted by molar-refractivity contribution is 0.402. The molecule has 0 fully saturated rings. The second-order valence-corrected chi connectivity index (χ2v) is 41.9. The molecule has 14 rings (SSSR count). The first-order valence-electron chi connectivity index (χ1n) is 41.1. The van der Waals surface area contributed by atoms with Crippen LogP contribution in [0.25, 0.3) is 134 Å². The van der Waals surface area contributed by atoms with Crippen molar-refractivity contribution in [1.29, 1.82) is 0 Å². The highest BCUT2D eigenvalue weighted by molar-refractivity contribution is 7.30. The van der Waals surface area contributed by atoms with Crippen LogP contribution in [-0.4, -0.2) is 17.5 Å². The number of fused-ring (bicyclic) bond motifs is 4. The topological polar surface area (TPSA) is 51.6 Å². The van der Waals surface area contributed by atoms with Gasteiger partial charge in [-0.15, -0.1) is 102 Å². The van der Waals surface area contributed by atoms with E-state index in [2.05, 4.69) is 139 Å². The van der Waals surface area contributed by atoms with Crippen LogP contribution in [-0.2, 0) is 12.8 Å². The van der Waals surface area contributed by atoms with Crippen LogP contribution in [0.5, 0.6) is 0 Å². The molecule has 4 nitrogen and oxygen atoms in total. The fraction of sp³-hybridized carbons (Fsp3) is 0.457. The molecule has 0 aliphatic rings. The summed E-state index contributed by atoms with van der Waals surface area (Å²) >= 11 is 18.5. The van der Waals surface area contributed by atoms with E-state index in [9.17, 15) is 0 Å². The number of aromatic nitrogens is 4. The van der Waals surface area contributed by atoms with Crippen molar-refractivity contribution < 1.29 is 8.78 Å². The summed E-state index contributed by atoms with van der Waals surface area (Å²) < 4.78 is 57.2. The van der Waals surface area contributed by atoms with Crippen molar-refractivity contribution in [2.45, 2.75) is 260 Å². The van der Waals surface area contributed by atoms with E-state index in [0.717, 1.165) is 80.8 Å². The molecule has 14 aromatic rings. The molecule has 17 heteroatoms. The van der Waals surface area contributed by atoms with Gasteiger partial charge in [0, 0.05) is 120 Å². The average molecular weight is 1660 g/mol. The number of hydrogen-bond donors (Lipinski definition) is 0. The molecule has 3 aromatic carbocycles. The minimum absolute atomic E-state index is 0.269. The maximum atomic E-state index is 17.6. The molecule has 0 saturated carbocycles. The molecule has 0 N–H and O–H groups in total. The molecule has 11 aromatic heterocycles. The minimum atomic E-state index is -0.269. The van der Waals surface area contributed by atoms with Crippen LogP contribution in [0.15, 0.2) is 109 Å². The van der Waals surface area contributed by atoms with E-state index in [-0.39, 0.29) is 11.6 Å². The summed E-state index contributed by atoms with van der Waals surface area (Å²) in [6.07, 6.45) is 44.7. The van der Waals surface area contributed by atoms with Gasteiger partial charge in [0.15, 0.2) is 0 Å². The minimum Gasteiger partial charge on any atom is -0.206 e. The summed E-state index contributed by atoms with van der Waals surface area (Å²) in [7, 11) is 0. The number of rotatable bonds is 45. The summed E-state index contributed by atoms with van der Waals surface area (Å²) in [5.74, 6) is 0.792. The first-order chi connectivity index (χ1) is 53.5. The van der Waals surface area contributed by atoms with Crippen molar-refractivity contribution in [2.24, 2.45) is 11.8 Å². The highest BCUT2D eigenvalue weighted by atomic mass is 32.1. The Hall–Kier alpha value is -5.02. The van der Waals surface area contributed by atoms with Gasteiger partial charge in [-0.3, -0.25) is 0 Å². The maximum Gasteiger partial charge on any atom is 0.134 e. The molecule has 11 heterocycles. The van der Waals surface area contributed by atoms with Gasteiger partial charge in [-0.25, -0.2) is 8.78 Å². The van der Waals surface area contributed by atoms with Crippen LogP contribution in [0.1, 0.15) is 253 Å². The zero-order valence-electron chi connectivity index (χ0n) is 64.6. The van der Waals surface area contributed by atoms with Gasteiger partial charge in [-0.05, 0) is 148 Å². The molecule has 0 amide bonds. The Labute approximate surface area is 691 Å². The van der Waals surface area contributed by atoms with Crippen LogP contribution in [0.2, 0.25) is 0 Å². The third kappa shape index (κ3) is 19.9. The van der Waals surface area contributed by atoms with Crippen LogP contribution in [0.4, 0.5) is 8.78 Å². The van der Waals surface area contributed by atoms with E-state index >= 15 is 8.78 Å². The van der Waals surface area contributed by atoms with Gasteiger partial charge < -0.3 is 0 Å². The number of hydrogen-bond acceptors (Lipinski definition) is 15. The Morgan fingerprint density at radius 1 is 0.275 bits per heavy atom. The molecule has 2 atom stereocenters. The van der Waals surface area contributed by atoms with Crippen LogP contribution < -0.4 is 0 Å². The standard InChI is InChI=1S/C92H106F2N4S11/c1-7-11-15-19-23-25-29-33-37-61(35-31-27-21-17-13-9-3)54-63-40-43-71(101-63)65-56-69(93)85(89-87(65)95-108-97-89)80-51-49-78(105-80)83-67-53-60(6)100-91(67)84(68-58-82(107-92(68)83)77-48-47-76(104-77)75-46-45-74(103-75)73-42-39-59(5)99-73)79-50-52-81(106-79)86-70(94)57-66(88-90(86)98-109-96-88)72-44-41-64(102-72)55-62(36-32-28-22-18-14-10-4)38-34-30-26-24-20-16-12-8-2/h39-53,56-58,61-62H,7-38,54-55H2,1-6H3. The third-order valence-electron chi connectivity index (χ3n) is 22.1. The van der Waals surface area contributed by atoms with Crippen LogP contribution >= 0.6 is 125 Å². The summed E-state index contributed by atoms with van der Waals surface area (Å²) in [5, 5.41) is 2.32. The zero-order valence-corrected chi connectivity index (χ0v) is 73.6. The summed E-state index contributed by atoms with van der Waals surface area (Å²) in [6.45, 7) is 13.6. The highest BCUT2D eigenvalue weighted by Gasteiger charge is 2.29. The van der Waals surface area contributed by atoms with Crippen molar-refractivity contribution in [1.82, 2.24) is 17.5 Å². The van der Waals surface area contributed by atoms with Crippen molar-refractivity contribution in [2.75, 3.05) is 0 Å². The summed E-state index contributed by atoms with van der Waals surface area (Å²) in [4.78, 5) is 18.8. The Kier molecular flexibility index (Phi) is 29.4. The van der Waals surface area contributed by atoms with E-state index in [1.54, 1.807) is 34.8 Å². The molecule has 2 unspecified atom stereocenters. The van der Waals surface area contributed by atoms with Gasteiger partial charge in [-0.1, -0.05) is 233 Å². The molecular formula is C92H106F2N4S11. The predicted molar refractivity (Wildman–Crippen MR) is 487 cm³/mol. The van der Waals surface area contributed by atoms with Crippen LogP contribution in [0, 0.1) is 37.3 Å². The monoisotopic (exact) mass is 1660 g/mol. The van der Waals surface area contributed by atoms with Gasteiger partial charge in [0.1, 0.15) is 33.7 Å². The smallest absolute Gasteiger partial charge is 0.134 e. The second kappa shape index (κ2) is 39.8. The lowest BCUT2D eigenvalue weighted by Gasteiger charge is -2.16. The molecule has 0 aliphatic carbocycles. The maximum absolute atomic E-state index is 17.6. The van der Waals surface area contributed by atoms with Crippen LogP contribution in [0.3, 0.4) is 0 Å². The fourth-order valence-electron chi connectivity index (χ4n) is 16.2. The molecule has 0 aliphatic heterocycles. The van der Waals surface area contributed by atoms with E-state index in [1.807, 2.05) is 79.4 Å². The second-order valence-electron chi connectivity index (χ2n) is 30.6. The average Bonchev–Trinajstić information content (AvgIpc) is 1.57. The van der Waals surface area contributed by atoms with Gasteiger partial charge >= 0.3 is 0 Å². The molecule has 109 heavy (non-hydrogen) atoms. The number of nitrogens with zero attached hydrogens (tertiary/aromatic N) is 4. The van der Waals surface area contributed by atoms with Crippen molar-refractivity contribution in [3.63, 3.8) is 0 Å². The molecular weight excluding hydrogens is 1550 g/mol. The molecule has 574 valence electrons. The quantitative estimate of drug-likeness (QED) is 0.0357. The Balaban J connectivity index is 0.769. The number of halogens is 2. The number of thiophene rings is 9. The lowest BCUT2D eigenvalue weighted by atomic mass is 9.91. The zero-order chi connectivity index (χ0) is 75.0. The first-order valence-corrected chi connectivity index (χ1v) is 49.9. The van der Waals surface area contributed by atoms with Gasteiger partial charge in [0.2, 0.25) is 0 Å². The number of unbranched alkanes of at least 4 members (excludes halogenated alkanes) is 24. The number of benzene rings is 3. The van der Waals surface area contributed by atoms with E-state index in [4.69, 9.17) is 17.5 Å². The normalized spacial score (nSPS) is 12.7. The van der Waals surface area contributed by atoms with Gasteiger partial charge in [0.05, 0.1) is 34.6 Å². The summed E-state index contributed by atoms with van der Waals surface area (Å²) in [5.41, 5.74) is 7.80. The van der Waals surface area contributed by atoms with Crippen molar-refractivity contribution in [3.8, 4) is 91.9 Å². The highest BCUT2D eigenvalue weighted by Crippen LogP contribution is 2.56. The molecule has 0 saturated heterocycles. The largest absolute Gasteiger partial charge is 0.206 e. The van der Waals surface area contributed by atoms with E-state index in [1.165, 1.54) is 292 Å². The van der Waals surface area contributed by atoms with Crippen molar-refractivity contribution in [3.05, 3.63) is 140 Å². The van der Waals surface area contributed by atoms with E-state index in [0.29, 0.717) is 34.0 Å². The van der Waals surface area contributed by atoms with Gasteiger partial charge in [0.25, 0.3) is 0 Å². The number of aryl methyl sites for hydroxylation is 2. The molecule has 0 spiro atoms. The van der Waals surface area contributed by atoms with Crippen molar-refractivity contribution >= 4 is 168 Å². The first kappa shape index (κ1) is 80.6. The SMILES string of the molecule is CCCCCCCCCCC(CCCCCCCC)Cc1ccc(-c2cc(F)c(-c3ccc(-c4c5cc(-c6ccc(-c7ccc(-c8ccc(C)s8)s7)s6)sc5c(-c5ccc(-c6c(F)cc(-c7ccc(CC(CCCCCCCC)CCCCCCCCCC)s7)c7nsnc67)s5)c5cc(C)sc45)s3)c3nsnc23)s1. The lowest BCUT2D eigenvalue weighted by Crippen LogP contribution is -2.04. The van der Waals surface area contributed by atoms with Gasteiger partial charge in [-0.2, -0.15) is 17.5 Å². The van der Waals surface area contributed by atoms with E-state index < -0.39 is 0 Å². The Morgan fingerprint density at radius 3 is 1.00 bits per heavy atom. The third-order valence-corrected chi connectivity index (χ3v) is 33.7.